The van der Waals surface area contributed by atoms with Crippen LogP contribution in [0.1, 0.15) is 139 Å². The van der Waals surface area contributed by atoms with Crippen LogP contribution in [-0.4, -0.2) is 146 Å². The van der Waals surface area contributed by atoms with Gasteiger partial charge in [-0.05, 0) is 179 Å². The summed E-state index contributed by atoms with van der Waals surface area (Å²) >= 11 is 2.19. The molecule has 1 aromatic heterocycles. The number of carboxylic acid groups (broad SMARTS) is 2. The second-order valence-electron chi connectivity index (χ2n) is 22.5. The van der Waals surface area contributed by atoms with Gasteiger partial charge in [-0.1, -0.05) is 29.5 Å². The third kappa shape index (κ3) is 29.8. The fraction of sp³-hybridized carbons (Fsp3) is 0.571. The highest BCUT2D eigenvalue weighted by molar-refractivity contribution is 14.1. The number of urea groups is 2. The number of unbranched alkanes of at least 4 members (excludes halogenated alkanes) is 3. The van der Waals surface area contributed by atoms with Crippen molar-refractivity contribution >= 4 is 88.0 Å². The Kier molecular flexibility index (Phi) is 28.6. The van der Waals surface area contributed by atoms with Gasteiger partial charge in [-0.15, -0.1) is 5.10 Å². The number of aliphatic carboxylic acids is 2. The van der Waals surface area contributed by atoms with Crippen molar-refractivity contribution in [3.05, 3.63) is 63.9 Å². The number of halogens is 1. The predicted octanol–water partition coefficient (Wildman–Crippen LogP) is 5.70. The minimum absolute atomic E-state index is 0.0536. The Morgan fingerprint density at radius 2 is 1.13 bits per heavy atom. The highest BCUT2D eigenvalue weighted by Gasteiger charge is 2.32. The molecule has 10 N–H and O–H groups in total. The lowest BCUT2D eigenvalue weighted by molar-refractivity contribution is -0.159. The van der Waals surface area contributed by atoms with Gasteiger partial charge in [0.1, 0.15) is 47.5 Å². The van der Waals surface area contributed by atoms with Crippen LogP contribution in [0.4, 0.5) is 20.1 Å². The van der Waals surface area contributed by atoms with Gasteiger partial charge in [-0.2, -0.15) is 0 Å². The first-order valence-corrected chi connectivity index (χ1v) is 28.5. The number of carboxylic acids is 2. The molecular formula is C56H82IN11O15. The lowest BCUT2D eigenvalue weighted by atomic mass is 10.1. The van der Waals surface area contributed by atoms with Crippen molar-refractivity contribution in [3.63, 3.8) is 0 Å². The molecule has 1 heterocycles. The topological polar surface area (TPSA) is 366 Å². The number of hydrogen-bond donors (Lipinski definition) is 10. The Bertz CT molecular complexity index is 2670. The van der Waals surface area contributed by atoms with Gasteiger partial charge in [-0.3, -0.25) is 19.2 Å². The standard InChI is InChI=1S/C56H82IN11O15/c1-54(2,3)81-49(76)41(20-11-13-28-58-44(69)31-35-22-24-37(57)25-23-35)64-47(73)39(19-10-15-30-60-53(80)83-56(7,8)9)63-45(70)34-68-43(33-61-67-68)36-17-16-18-38(32-36)62-51(78)59-29-14-12-21-42(50(77)82-55(4,5)6)66-52(79)65-40(48(74)75)26-27-46(71)72/h16-18,22-25,32-33,39-42H,10-15,19-21,26-31,34H2,1-9H3,(H,58,69)(H,60,80)(H,63,70)(H,64,73)(H,71,72)(H,74,75)(H2,59,62,78)(H2,65,66,79)/t39-,40-,41-,42-/m0/s1. The van der Waals surface area contributed by atoms with E-state index in [2.05, 4.69) is 75.4 Å². The number of nitrogens with one attached hydrogen (secondary N) is 8. The predicted molar refractivity (Wildman–Crippen MR) is 313 cm³/mol. The highest BCUT2D eigenvalue weighted by atomic mass is 127. The molecule has 8 amide bonds. The van der Waals surface area contributed by atoms with Crippen LogP contribution >= 0.6 is 22.6 Å². The highest BCUT2D eigenvalue weighted by Crippen LogP contribution is 2.22. The largest absolute Gasteiger partial charge is 0.481 e. The Morgan fingerprint density at radius 3 is 1.70 bits per heavy atom. The second kappa shape index (κ2) is 34.1. The number of nitrogens with zero attached hydrogens (tertiary/aromatic N) is 3. The monoisotopic (exact) mass is 1280 g/mol. The molecule has 0 unspecified atom stereocenters. The Labute approximate surface area is 497 Å². The van der Waals surface area contributed by atoms with E-state index in [1.165, 1.54) is 10.9 Å². The van der Waals surface area contributed by atoms with E-state index in [0.717, 1.165) is 9.13 Å². The van der Waals surface area contributed by atoms with Gasteiger partial charge >= 0.3 is 42.0 Å². The normalized spacial score (nSPS) is 12.9. The van der Waals surface area contributed by atoms with Crippen molar-refractivity contribution in [2.45, 2.75) is 187 Å². The third-order valence-corrected chi connectivity index (χ3v) is 12.3. The molecule has 0 aliphatic rings. The zero-order chi connectivity index (χ0) is 61.9. The lowest BCUT2D eigenvalue weighted by Gasteiger charge is -2.26. The fourth-order valence-electron chi connectivity index (χ4n) is 7.78. The summed E-state index contributed by atoms with van der Waals surface area (Å²) in [5.74, 6) is -5.57. The number of aromatic nitrogens is 3. The molecule has 0 radical (unpaired) electrons. The summed E-state index contributed by atoms with van der Waals surface area (Å²) in [6, 6.07) is 7.70. The first kappa shape index (κ1) is 69.7. The van der Waals surface area contributed by atoms with Crippen LogP contribution < -0.4 is 42.5 Å². The Hall–Kier alpha value is -7.59. The molecule has 4 atom stereocenters. The number of alkyl carbamates (subject to hydrolysis) is 1. The summed E-state index contributed by atoms with van der Waals surface area (Å²) in [6.07, 6.45) is 2.82. The van der Waals surface area contributed by atoms with Crippen molar-refractivity contribution in [1.82, 2.24) is 52.2 Å². The SMILES string of the molecule is CC(C)(C)OC(=O)NCCCC[C@H](NC(=O)Cn1nncc1-c1cccc(NC(=O)NCCCC[C@H](NC(=O)N[C@@H](CCC(=O)O)C(=O)O)C(=O)OC(C)(C)C)c1)C(=O)N[C@@H](CCCCNC(=O)Cc1ccc(I)cc1)C(=O)OC(C)(C)C. The smallest absolute Gasteiger partial charge is 0.407 e. The molecule has 0 saturated heterocycles. The van der Waals surface area contributed by atoms with Gasteiger partial charge in [0.2, 0.25) is 17.7 Å². The molecule has 0 aliphatic carbocycles. The minimum atomic E-state index is -1.52. The van der Waals surface area contributed by atoms with E-state index in [9.17, 15) is 53.1 Å². The zero-order valence-electron chi connectivity index (χ0n) is 48.7. The first-order valence-electron chi connectivity index (χ1n) is 27.4. The number of carbonyl (C=O) groups is 10. The molecular weight excluding hydrogens is 1190 g/mol. The van der Waals surface area contributed by atoms with E-state index in [0.29, 0.717) is 62.0 Å². The van der Waals surface area contributed by atoms with Gasteiger partial charge in [0.25, 0.3) is 0 Å². The number of rotatable bonds is 32. The number of hydrogen-bond acceptors (Lipinski definition) is 15. The van der Waals surface area contributed by atoms with Gasteiger partial charge in [0.05, 0.1) is 18.3 Å². The second-order valence-corrected chi connectivity index (χ2v) is 23.8. The molecule has 3 rings (SSSR count). The molecule has 0 bridgehead atoms. The molecule has 3 aromatic rings. The van der Waals surface area contributed by atoms with Gasteiger partial charge in [0.15, 0.2) is 0 Å². The van der Waals surface area contributed by atoms with E-state index in [4.69, 9.17) is 19.3 Å². The average Bonchev–Trinajstić information content (AvgIpc) is 4.02. The van der Waals surface area contributed by atoms with E-state index in [-0.39, 0.29) is 51.1 Å². The van der Waals surface area contributed by atoms with Crippen molar-refractivity contribution < 1.29 is 72.4 Å². The number of anilines is 1. The summed E-state index contributed by atoms with van der Waals surface area (Å²) < 4.78 is 18.8. The summed E-state index contributed by atoms with van der Waals surface area (Å²) in [4.78, 5) is 128. The Balaban J connectivity index is 1.67. The molecule has 26 nitrogen and oxygen atoms in total. The number of ether oxygens (including phenoxy) is 3. The maximum absolute atomic E-state index is 14.2. The maximum Gasteiger partial charge on any atom is 0.407 e. The van der Waals surface area contributed by atoms with Crippen molar-refractivity contribution in [3.8, 4) is 11.3 Å². The van der Waals surface area contributed by atoms with Gasteiger partial charge < -0.3 is 67.0 Å². The maximum atomic E-state index is 14.2. The van der Waals surface area contributed by atoms with Crippen molar-refractivity contribution in [2.24, 2.45) is 0 Å². The van der Waals surface area contributed by atoms with Gasteiger partial charge in [0, 0.05) is 40.9 Å². The molecule has 83 heavy (non-hydrogen) atoms. The minimum Gasteiger partial charge on any atom is -0.481 e. The third-order valence-electron chi connectivity index (χ3n) is 11.5. The number of amides is 8. The van der Waals surface area contributed by atoms with Crippen molar-refractivity contribution in [1.29, 1.82) is 0 Å². The van der Waals surface area contributed by atoms with E-state index in [1.54, 1.807) is 86.6 Å². The van der Waals surface area contributed by atoms with E-state index in [1.807, 2.05) is 24.3 Å². The molecule has 0 aliphatic heterocycles. The number of benzene rings is 2. The molecule has 2 aromatic carbocycles. The van der Waals surface area contributed by atoms with Crippen LogP contribution in [0.25, 0.3) is 11.3 Å². The van der Waals surface area contributed by atoms with Crippen LogP contribution in [0, 0.1) is 3.57 Å². The summed E-state index contributed by atoms with van der Waals surface area (Å²) in [5.41, 5.74) is -0.373. The molecule has 27 heteroatoms. The van der Waals surface area contributed by atoms with Crippen LogP contribution in [0.2, 0.25) is 0 Å². The number of carbonyl (C=O) groups excluding carboxylic acids is 8. The number of esters is 2. The summed E-state index contributed by atoms with van der Waals surface area (Å²) in [6.45, 7) is 15.5. The molecule has 0 spiro atoms. The molecule has 0 fully saturated rings. The lowest BCUT2D eigenvalue weighted by Crippen LogP contribution is -2.53. The van der Waals surface area contributed by atoms with Crippen LogP contribution in [-0.2, 0) is 60.7 Å². The molecule has 458 valence electrons. The average molecular weight is 1280 g/mol. The zero-order valence-corrected chi connectivity index (χ0v) is 50.9. The Morgan fingerprint density at radius 1 is 0.590 bits per heavy atom. The van der Waals surface area contributed by atoms with Crippen LogP contribution in [0.5, 0.6) is 0 Å². The first-order chi connectivity index (χ1) is 38.9. The molecule has 0 saturated carbocycles. The van der Waals surface area contributed by atoms with E-state index < -0.39 is 108 Å². The van der Waals surface area contributed by atoms with Crippen molar-refractivity contribution in [2.75, 3.05) is 25.0 Å². The quantitative estimate of drug-likeness (QED) is 0.0155. The van der Waals surface area contributed by atoms with E-state index >= 15 is 0 Å². The van der Waals surface area contributed by atoms with Crippen LogP contribution in [0.15, 0.2) is 54.7 Å². The van der Waals surface area contributed by atoms with Crippen LogP contribution in [0.3, 0.4) is 0 Å². The van der Waals surface area contributed by atoms with Gasteiger partial charge in [-0.25, -0.2) is 33.4 Å². The summed E-state index contributed by atoms with van der Waals surface area (Å²) in [5, 5.41) is 47.7. The summed E-state index contributed by atoms with van der Waals surface area (Å²) in [7, 11) is 0. The fourth-order valence-corrected chi connectivity index (χ4v) is 8.14.